The lowest BCUT2D eigenvalue weighted by atomic mass is 10.2. The van der Waals surface area contributed by atoms with E-state index in [1.54, 1.807) is 0 Å². The van der Waals surface area contributed by atoms with E-state index in [9.17, 15) is 4.21 Å². The van der Waals surface area contributed by atoms with Crippen LogP contribution in [-0.4, -0.2) is 4.21 Å². The van der Waals surface area contributed by atoms with Crippen LogP contribution < -0.4 is 0 Å². The topological polar surface area (TPSA) is 17.1 Å². The van der Waals surface area contributed by atoms with Gasteiger partial charge < -0.3 is 0 Å². The summed E-state index contributed by atoms with van der Waals surface area (Å²) in [6.07, 6.45) is 0. The maximum Gasteiger partial charge on any atom is 0.117 e. The highest BCUT2D eigenvalue weighted by Crippen LogP contribution is 2.27. The fourth-order valence-electron chi connectivity index (χ4n) is 1.38. The van der Waals surface area contributed by atoms with Crippen LogP contribution in [0.15, 0.2) is 58.3 Å². The summed E-state index contributed by atoms with van der Waals surface area (Å²) in [5.41, 5.74) is 2.40. The largest absolute Gasteiger partial charge is 0.242 e. The standard InChI is InChI=1S/C14H14OS2/c1-11-3-7-13(8-4-11)16-17(15)14-9-5-12(2)6-10-14/h3-10H,1-2H3. The molecule has 0 saturated heterocycles. The summed E-state index contributed by atoms with van der Waals surface area (Å²) in [6, 6.07) is 15.9. The minimum absolute atomic E-state index is 0.862. The molecule has 0 saturated carbocycles. The van der Waals surface area contributed by atoms with Crippen molar-refractivity contribution >= 4 is 20.6 Å². The summed E-state index contributed by atoms with van der Waals surface area (Å²) in [5, 5.41) is 0. The Kier molecular flexibility index (Phi) is 4.02. The molecule has 17 heavy (non-hydrogen) atoms. The van der Waals surface area contributed by atoms with Gasteiger partial charge in [-0.2, -0.15) is 0 Å². The number of benzene rings is 2. The second-order valence-electron chi connectivity index (χ2n) is 3.94. The zero-order chi connectivity index (χ0) is 12.3. The monoisotopic (exact) mass is 262 g/mol. The van der Waals surface area contributed by atoms with Crippen molar-refractivity contribution in [1.82, 2.24) is 0 Å². The zero-order valence-electron chi connectivity index (χ0n) is 9.84. The van der Waals surface area contributed by atoms with Crippen LogP contribution in [-0.2, 0) is 9.83 Å². The lowest BCUT2D eigenvalue weighted by Gasteiger charge is -2.02. The Morgan fingerprint density at radius 1 is 0.824 bits per heavy atom. The smallest absolute Gasteiger partial charge is 0.117 e. The summed E-state index contributed by atoms with van der Waals surface area (Å²) in [4.78, 5) is 1.90. The molecule has 0 heterocycles. The summed E-state index contributed by atoms with van der Waals surface area (Å²) < 4.78 is 12.1. The van der Waals surface area contributed by atoms with Gasteiger partial charge in [-0.25, -0.2) is 4.21 Å². The van der Waals surface area contributed by atoms with Gasteiger partial charge >= 0.3 is 0 Å². The van der Waals surface area contributed by atoms with E-state index in [0.29, 0.717) is 0 Å². The third-order valence-corrected chi connectivity index (χ3v) is 5.29. The molecule has 2 rings (SSSR count). The second-order valence-corrected chi connectivity index (χ2v) is 6.93. The molecule has 0 aliphatic heterocycles. The first-order chi connectivity index (χ1) is 8.15. The normalized spacial score (nSPS) is 12.4. The SMILES string of the molecule is Cc1ccc(SS(=O)c2ccc(C)cc2)cc1. The van der Waals surface area contributed by atoms with E-state index in [-0.39, 0.29) is 0 Å². The van der Waals surface area contributed by atoms with Gasteiger partial charge in [0.15, 0.2) is 0 Å². The van der Waals surface area contributed by atoms with Crippen molar-refractivity contribution in [2.75, 3.05) is 0 Å². The van der Waals surface area contributed by atoms with Crippen LogP contribution >= 0.6 is 10.8 Å². The van der Waals surface area contributed by atoms with Gasteiger partial charge in [-0.15, -0.1) is 0 Å². The molecule has 3 heteroatoms. The van der Waals surface area contributed by atoms with E-state index >= 15 is 0 Å². The molecule has 0 amide bonds. The Bertz CT molecular complexity index is 515. The quantitative estimate of drug-likeness (QED) is 0.774. The van der Waals surface area contributed by atoms with Crippen LogP contribution in [0.2, 0.25) is 0 Å². The molecule has 0 fully saturated rings. The van der Waals surface area contributed by atoms with Crippen LogP contribution in [0.1, 0.15) is 11.1 Å². The van der Waals surface area contributed by atoms with Gasteiger partial charge in [0.25, 0.3) is 0 Å². The van der Waals surface area contributed by atoms with Crippen molar-refractivity contribution in [3.63, 3.8) is 0 Å². The van der Waals surface area contributed by atoms with E-state index < -0.39 is 9.83 Å². The number of rotatable bonds is 3. The first kappa shape index (κ1) is 12.4. The number of aryl methyl sites for hydroxylation is 2. The molecule has 88 valence electrons. The zero-order valence-corrected chi connectivity index (χ0v) is 11.5. The summed E-state index contributed by atoms with van der Waals surface area (Å²) in [5.74, 6) is 0. The van der Waals surface area contributed by atoms with Crippen LogP contribution in [0.3, 0.4) is 0 Å². The van der Waals surface area contributed by atoms with E-state index in [1.165, 1.54) is 21.9 Å². The molecule has 2 aromatic rings. The van der Waals surface area contributed by atoms with Gasteiger partial charge in [0.1, 0.15) is 9.83 Å². The van der Waals surface area contributed by atoms with Gasteiger partial charge in [0.2, 0.25) is 0 Å². The van der Waals surface area contributed by atoms with Crippen LogP contribution in [0.25, 0.3) is 0 Å². The molecule has 2 aromatic carbocycles. The first-order valence-corrected chi connectivity index (χ1v) is 7.87. The average molecular weight is 262 g/mol. The van der Waals surface area contributed by atoms with Crippen molar-refractivity contribution in [2.45, 2.75) is 23.6 Å². The van der Waals surface area contributed by atoms with Gasteiger partial charge in [0.05, 0.1) is 4.90 Å². The summed E-state index contributed by atoms with van der Waals surface area (Å²) >= 11 is 0. The Labute approximate surface area is 108 Å². The lowest BCUT2D eigenvalue weighted by Crippen LogP contribution is -1.86. The van der Waals surface area contributed by atoms with Crippen molar-refractivity contribution < 1.29 is 4.21 Å². The van der Waals surface area contributed by atoms with E-state index in [1.807, 2.05) is 62.4 Å². The van der Waals surface area contributed by atoms with Crippen LogP contribution in [0.5, 0.6) is 0 Å². The Balaban J connectivity index is 2.11. The molecule has 1 unspecified atom stereocenters. The molecule has 0 spiro atoms. The summed E-state index contributed by atoms with van der Waals surface area (Å²) in [6.45, 7) is 4.07. The van der Waals surface area contributed by atoms with Gasteiger partial charge in [-0.3, -0.25) is 0 Å². The van der Waals surface area contributed by atoms with Crippen molar-refractivity contribution in [1.29, 1.82) is 0 Å². The number of hydrogen-bond acceptors (Lipinski definition) is 2. The van der Waals surface area contributed by atoms with Crippen molar-refractivity contribution in [3.8, 4) is 0 Å². The Morgan fingerprint density at radius 3 is 1.82 bits per heavy atom. The molecule has 0 N–H and O–H groups in total. The molecule has 1 atom stereocenters. The highest BCUT2D eigenvalue weighted by Gasteiger charge is 2.05. The molecular formula is C14H14OS2. The predicted molar refractivity (Wildman–Crippen MR) is 74.6 cm³/mol. The molecule has 0 aliphatic carbocycles. The average Bonchev–Trinajstić information content (AvgIpc) is 2.33. The minimum Gasteiger partial charge on any atom is -0.242 e. The van der Waals surface area contributed by atoms with Crippen LogP contribution in [0, 0.1) is 13.8 Å². The van der Waals surface area contributed by atoms with E-state index in [2.05, 4.69) is 0 Å². The molecule has 0 aromatic heterocycles. The predicted octanol–water partition coefficient (Wildman–Crippen LogP) is 4.12. The Morgan fingerprint density at radius 2 is 1.29 bits per heavy atom. The van der Waals surface area contributed by atoms with E-state index in [4.69, 9.17) is 0 Å². The maximum atomic E-state index is 12.1. The van der Waals surface area contributed by atoms with E-state index in [0.717, 1.165) is 9.79 Å². The fourth-order valence-corrected chi connectivity index (χ4v) is 3.73. The molecule has 0 bridgehead atoms. The third-order valence-electron chi connectivity index (χ3n) is 2.41. The van der Waals surface area contributed by atoms with Crippen molar-refractivity contribution in [3.05, 3.63) is 59.7 Å². The molecule has 0 aliphatic rings. The molecule has 0 radical (unpaired) electrons. The van der Waals surface area contributed by atoms with Gasteiger partial charge in [-0.05, 0) is 48.9 Å². The molecular weight excluding hydrogens is 248 g/mol. The third kappa shape index (κ3) is 3.45. The Hall–Kier alpha value is -1.06. The van der Waals surface area contributed by atoms with Gasteiger partial charge in [-0.1, -0.05) is 35.4 Å². The maximum absolute atomic E-state index is 12.1. The number of hydrogen-bond donors (Lipinski definition) is 0. The first-order valence-electron chi connectivity index (χ1n) is 5.38. The van der Waals surface area contributed by atoms with Gasteiger partial charge in [0, 0.05) is 4.90 Å². The van der Waals surface area contributed by atoms with Crippen LogP contribution in [0.4, 0.5) is 0 Å². The highest BCUT2D eigenvalue weighted by atomic mass is 33.1. The summed E-state index contributed by atoms with van der Waals surface area (Å²) in [7, 11) is 0.351. The second kappa shape index (κ2) is 5.52. The molecule has 1 nitrogen and oxygen atoms in total. The lowest BCUT2D eigenvalue weighted by molar-refractivity contribution is 0.691. The fraction of sp³-hybridized carbons (Fsp3) is 0.143. The minimum atomic E-state index is -1.03. The van der Waals surface area contributed by atoms with Crippen molar-refractivity contribution in [2.24, 2.45) is 0 Å². The highest BCUT2D eigenvalue weighted by molar-refractivity contribution is 8.69.